The zero-order chi connectivity index (χ0) is 19.3. The lowest BCUT2D eigenvalue weighted by atomic mass is 9.80. The lowest BCUT2D eigenvalue weighted by molar-refractivity contribution is -0.137. The van der Waals surface area contributed by atoms with Gasteiger partial charge in [0.2, 0.25) is 0 Å². The molecule has 1 aromatic heterocycles. The summed E-state index contributed by atoms with van der Waals surface area (Å²) < 4.78 is 52.2. The molecule has 1 saturated heterocycles. The molecule has 8 heteroatoms. The highest BCUT2D eigenvalue weighted by atomic mass is 79.9. The molecule has 3 nitrogen and oxygen atoms in total. The van der Waals surface area contributed by atoms with Crippen LogP contribution in [0.25, 0.3) is 11.3 Å². The van der Waals surface area contributed by atoms with Gasteiger partial charge in [0.05, 0.1) is 22.5 Å². The standard InChI is InChI=1S/C18H18BBrF3NO2/c1-16(2)17(3,4)26-19(25-16)11-9-14(20)15(24-10-11)12-7-5-6-8-13(12)18(21,22)23/h5-10H,1-4H3. The van der Waals surface area contributed by atoms with Crippen LogP contribution in [0.2, 0.25) is 0 Å². The summed E-state index contributed by atoms with van der Waals surface area (Å²) in [5.74, 6) is 0. The number of alkyl halides is 3. The van der Waals surface area contributed by atoms with E-state index in [0.29, 0.717) is 9.94 Å². The van der Waals surface area contributed by atoms with Crippen LogP contribution in [-0.4, -0.2) is 23.3 Å². The van der Waals surface area contributed by atoms with Crippen LogP contribution in [0.4, 0.5) is 13.2 Å². The maximum absolute atomic E-state index is 13.3. The van der Waals surface area contributed by atoms with Crippen LogP contribution < -0.4 is 5.46 Å². The van der Waals surface area contributed by atoms with Crippen LogP contribution in [0, 0.1) is 0 Å². The van der Waals surface area contributed by atoms with Crippen LogP contribution >= 0.6 is 15.9 Å². The van der Waals surface area contributed by atoms with E-state index in [0.717, 1.165) is 6.07 Å². The normalized spacial score (nSPS) is 19.0. The molecule has 26 heavy (non-hydrogen) atoms. The predicted octanol–water partition coefficient (Wildman–Crippen LogP) is 4.83. The molecule has 0 amide bonds. The number of aromatic nitrogens is 1. The molecule has 0 radical (unpaired) electrons. The van der Waals surface area contributed by atoms with Gasteiger partial charge in [0, 0.05) is 21.7 Å². The molecule has 138 valence electrons. The second-order valence-electron chi connectivity index (χ2n) is 7.23. The van der Waals surface area contributed by atoms with Crippen LogP contribution in [0.1, 0.15) is 33.3 Å². The molecule has 1 aromatic carbocycles. The van der Waals surface area contributed by atoms with E-state index in [1.807, 2.05) is 27.7 Å². The Kier molecular flexibility index (Phi) is 4.74. The summed E-state index contributed by atoms with van der Waals surface area (Å²) >= 11 is 3.35. The first-order chi connectivity index (χ1) is 11.9. The van der Waals surface area contributed by atoms with Gasteiger partial charge in [0.1, 0.15) is 0 Å². The van der Waals surface area contributed by atoms with Gasteiger partial charge in [-0.2, -0.15) is 13.2 Å². The molecule has 0 aliphatic carbocycles. The minimum absolute atomic E-state index is 0.0207. The Balaban J connectivity index is 1.98. The fraction of sp³-hybridized carbons (Fsp3) is 0.389. The smallest absolute Gasteiger partial charge is 0.399 e. The molecule has 2 aromatic rings. The molecule has 0 atom stereocenters. The highest BCUT2D eigenvalue weighted by Crippen LogP contribution is 2.39. The molecule has 3 rings (SSSR count). The number of halogens is 4. The van der Waals surface area contributed by atoms with Gasteiger partial charge < -0.3 is 9.31 Å². The van der Waals surface area contributed by atoms with Gasteiger partial charge in [-0.05, 0) is 55.8 Å². The van der Waals surface area contributed by atoms with Crippen LogP contribution in [0.3, 0.4) is 0 Å². The molecular weight excluding hydrogens is 410 g/mol. The van der Waals surface area contributed by atoms with Crippen LogP contribution in [0.15, 0.2) is 41.0 Å². The second kappa shape index (κ2) is 6.35. The fourth-order valence-electron chi connectivity index (χ4n) is 2.70. The van der Waals surface area contributed by atoms with Crippen molar-refractivity contribution in [3.63, 3.8) is 0 Å². The fourth-order valence-corrected chi connectivity index (χ4v) is 3.28. The average molecular weight is 428 g/mol. The van der Waals surface area contributed by atoms with E-state index in [-0.39, 0.29) is 11.3 Å². The first kappa shape index (κ1) is 19.4. The largest absolute Gasteiger partial charge is 0.496 e. The van der Waals surface area contributed by atoms with E-state index < -0.39 is 30.1 Å². The lowest BCUT2D eigenvalue weighted by Crippen LogP contribution is -2.41. The van der Waals surface area contributed by atoms with Gasteiger partial charge in [-0.25, -0.2) is 0 Å². The summed E-state index contributed by atoms with van der Waals surface area (Å²) in [7, 11) is -0.629. The molecule has 0 saturated carbocycles. The van der Waals surface area contributed by atoms with Crippen molar-refractivity contribution in [2.45, 2.75) is 45.1 Å². The Morgan fingerprint density at radius 2 is 1.62 bits per heavy atom. The van der Waals surface area contributed by atoms with E-state index >= 15 is 0 Å². The van der Waals surface area contributed by atoms with Crippen molar-refractivity contribution in [3.05, 3.63) is 46.6 Å². The molecule has 0 bridgehead atoms. The Hall–Kier alpha value is -1.38. The minimum Gasteiger partial charge on any atom is -0.399 e. The Morgan fingerprint density at radius 3 is 2.15 bits per heavy atom. The van der Waals surface area contributed by atoms with Gasteiger partial charge in [0.15, 0.2) is 0 Å². The van der Waals surface area contributed by atoms with Crippen molar-refractivity contribution < 1.29 is 22.5 Å². The van der Waals surface area contributed by atoms with E-state index in [1.165, 1.54) is 18.3 Å². The van der Waals surface area contributed by atoms with E-state index in [9.17, 15) is 13.2 Å². The SMILES string of the molecule is CC1(C)OB(c2cnc(-c3ccccc3C(F)(F)F)c(Br)c2)OC1(C)C. The van der Waals surface area contributed by atoms with E-state index in [4.69, 9.17) is 9.31 Å². The van der Waals surface area contributed by atoms with Crippen molar-refractivity contribution in [1.29, 1.82) is 0 Å². The third-order valence-corrected chi connectivity index (χ3v) is 5.48. The zero-order valence-corrected chi connectivity index (χ0v) is 16.4. The summed E-state index contributed by atoms with van der Waals surface area (Å²) in [4.78, 5) is 4.26. The minimum atomic E-state index is -4.46. The van der Waals surface area contributed by atoms with Crippen molar-refractivity contribution in [1.82, 2.24) is 4.98 Å². The molecule has 0 spiro atoms. The van der Waals surface area contributed by atoms with Crippen molar-refractivity contribution in [2.75, 3.05) is 0 Å². The molecule has 2 heterocycles. The molecule has 0 N–H and O–H groups in total. The van der Waals surface area contributed by atoms with Gasteiger partial charge in [-0.3, -0.25) is 4.98 Å². The maximum Gasteiger partial charge on any atom is 0.496 e. The molecule has 1 aliphatic heterocycles. The Morgan fingerprint density at radius 1 is 1.04 bits per heavy atom. The third-order valence-electron chi connectivity index (χ3n) is 4.88. The summed E-state index contributed by atoms with van der Waals surface area (Å²) in [6.07, 6.45) is -2.96. The highest BCUT2D eigenvalue weighted by molar-refractivity contribution is 9.10. The van der Waals surface area contributed by atoms with Gasteiger partial charge in [0.25, 0.3) is 0 Å². The van der Waals surface area contributed by atoms with Crippen molar-refractivity contribution >= 4 is 28.5 Å². The van der Waals surface area contributed by atoms with Gasteiger partial charge in [-0.1, -0.05) is 18.2 Å². The average Bonchev–Trinajstić information content (AvgIpc) is 2.74. The van der Waals surface area contributed by atoms with Crippen molar-refractivity contribution in [2.24, 2.45) is 0 Å². The van der Waals surface area contributed by atoms with Crippen molar-refractivity contribution in [3.8, 4) is 11.3 Å². The highest BCUT2D eigenvalue weighted by Gasteiger charge is 2.52. The number of hydrogen-bond acceptors (Lipinski definition) is 3. The predicted molar refractivity (Wildman–Crippen MR) is 98.1 cm³/mol. The number of benzene rings is 1. The van der Waals surface area contributed by atoms with Crippen LogP contribution in [0.5, 0.6) is 0 Å². The van der Waals surface area contributed by atoms with Gasteiger partial charge in [-0.15, -0.1) is 0 Å². The van der Waals surface area contributed by atoms with Gasteiger partial charge >= 0.3 is 13.3 Å². The Bertz CT molecular complexity index is 823. The lowest BCUT2D eigenvalue weighted by Gasteiger charge is -2.32. The number of nitrogens with zero attached hydrogens (tertiary/aromatic N) is 1. The van der Waals surface area contributed by atoms with Crippen LogP contribution in [-0.2, 0) is 15.5 Å². The molecule has 1 aliphatic rings. The number of rotatable bonds is 2. The topological polar surface area (TPSA) is 31.4 Å². The maximum atomic E-state index is 13.3. The monoisotopic (exact) mass is 427 g/mol. The quantitative estimate of drug-likeness (QED) is 0.643. The zero-order valence-electron chi connectivity index (χ0n) is 14.8. The summed E-state index contributed by atoms with van der Waals surface area (Å²) in [6, 6.07) is 7.06. The summed E-state index contributed by atoms with van der Waals surface area (Å²) in [6.45, 7) is 7.74. The first-order valence-corrected chi connectivity index (χ1v) is 8.89. The second-order valence-corrected chi connectivity index (χ2v) is 8.09. The summed E-state index contributed by atoms with van der Waals surface area (Å²) in [5, 5.41) is 0. The number of hydrogen-bond donors (Lipinski definition) is 0. The molecule has 1 fully saturated rings. The number of pyridine rings is 1. The molecule has 0 unspecified atom stereocenters. The summed E-state index contributed by atoms with van der Waals surface area (Å²) in [5.41, 5.74) is -0.858. The van der Waals surface area contributed by atoms with E-state index in [1.54, 1.807) is 12.1 Å². The first-order valence-electron chi connectivity index (χ1n) is 8.10. The van der Waals surface area contributed by atoms with E-state index in [2.05, 4.69) is 20.9 Å². The Labute approximate surface area is 159 Å². The third kappa shape index (κ3) is 3.42. The molecular formula is C18H18BBrF3NO2.